The number of likely N-dealkylation sites (tertiary alicyclic amines) is 1. The Balaban J connectivity index is 1.70. The second kappa shape index (κ2) is 5.03. The van der Waals surface area contributed by atoms with Gasteiger partial charge in [0.2, 0.25) is 0 Å². The first kappa shape index (κ1) is 13.9. The average molecular weight is 309 g/mol. The van der Waals surface area contributed by atoms with Crippen molar-refractivity contribution >= 4 is 29.2 Å². The Morgan fingerprint density at radius 1 is 1.38 bits per heavy atom. The van der Waals surface area contributed by atoms with Crippen molar-refractivity contribution in [2.24, 2.45) is 0 Å². The van der Waals surface area contributed by atoms with E-state index < -0.39 is 11.6 Å². The van der Waals surface area contributed by atoms with Crippen LogP contribution in [-0.2, 0) is 4.79 Å². The maximum atomic E-state index is 12.5. The summed E-state index contributed by atoms with van der Waals surface area (Å²) in [4.78, 5) is 37.8. The molecule has 1 aromatic heterocycles. The van der Waals surface area contributed by atoms with E-state index in [1.54, 1.807) is 11.0 Å². The minimum atomic E-state index is -0.854. The second-order valence-corrected chi connectivity index (χ2v) is 6.02. The van der Waals surface area contributed by atoms with Crippen molar-refractivity contribution in [2.45, 2.75) is 18.4 Å². The summed E-state index contributed by atoms with van der Waals surface area (Å²) in [6.45, 7) is 0.848. The number of carbonyl (C=O) groups is 3. The number of carbonyl (C=O) groups excluding carboxylic acids is 3. The van der Waals surface area contributed by atoms with Crippen LogP contribution in [0.3, 0.4) is 0 Å². The molecule has 0 atom stereocenters. The summed E-state index contributed by atoms with van der Waals surface area (Å²) in [6.07, 6.45) is 0.841. The molecule has 2 N–H and O–H groups in total. The third-order valence-electron chi connectivity index (χ3n) is 3.96. The van der Waals surface area contributed by atoms with Crippen LogP contribution in [0.25, 0.3) is 0 Å². The number of rotatable bonds is 2. The number of thiophene rings is 1. The Bertz CT molecular complexity index is 604. The lowest BCUT2D eigenvalue weighted by Gasteiger charge is -2.36. The van der Waals surface area contributed by atoms with Gasteiger partial charge in [0.25, 0.3) is 11.8 Å². The molecule has 0 saturated carbocycles. The minimum Gasteiger partial charge on any atom is -0.495 e. The molecule has 2 aliphatic heterocycles. The molecular weight excluding hydrogens is 294 g/mol. The van der Waals surface area contributed by atoms with E-state index in [4.69, 9.17) is 4.74 Å². The number of hydrogen-bond acceptors (Lipinski definition) is 5. The Morgan fingerprint density at radius 2 is 2.10 bits per heavy atom. The first-order valence-corrected chi connectivity index (χ1v) is 7.48. The molecule has 2 saturated heterocycles. The number of imide groups is 1. The van der Waals surface area contributed by atoms with Gasteiger partial charge in [0.15, 0.2) is 0 Å². The molecule has 0 bridgehead atoms. The summed E-state index contributed by atoms with van der Waals surface area (Å²) >= 11 is 1.34. The molecule has 21 heavy (non-hydrogen) atoms. The van der Waals surface area contributed by atoms with E-state index in [-0.39, 0.29) is 11.8 Å². The average Bonchev–Trinajstić information content (AvgIpc) is 3.04. The molecule has 1 spiro atoms. The molecule has 1 aromatic rings. The van der Waals surface area contributed by atoms with E-state index >= 15 is 0 Å². The van der Waals surface area contributed by atoms with Gasteiger partial charge < -0.3 is 15.0 Å². The van der Waals surface area contributed by atoms with Gasteiger partial charge in [-0.25, -0.2) is 4.79 Å². The molecule has 3 rings (SSSR count). The lowest BCUT2D eigenvalue weighted by atomic mass is 9.87. The predicted molar refractivity (Wildman–Crippen MR) is 75.4 cm³/mol. The minimum absolute atomic E-state index is 0.0959. The van der Waals surface area contributed by atoms with Crippen molar-refractivity contribution in [3.05, 3.63) is 16.3 Å². The van der Waals surface area contributed by atoms with Gasteiger partial charge in [0.05, 0.1) is 7.11 Å². The Hall–Kier alpha value is -2.09. The maximum Gasteiger partial charge on any atom is 0.322 e. The highest BCUT2D eigenvalue weighted by Gasteiger charge is 2.48. The molecule has 0 unspecified atom stereocenters. The molecule has 7 nitrogen and oxygen atoms in total. The number of methoxy groups -OCH3 is 1. The number of ether oxygens (including phenoxy) is 1. The Morgan fingerprint density at radius 3 is 2.67 bits per heavy atom. The highest BCUT2D eigenvalue weighted by atomic mass is 32.1. The molecule has 8 heteroatoms. The highest BCUT2D eigenvalue weighted by Crippen LogP contribution is 2.30. The number of nitrogens with zero attached hydrogens (tertiary/aromatic N) is 1. The number of urea groups is 1. The Labute approximate surface area is 125 Å². The molecule has 0 aliphatic carbocycles. The SMILES string of the molecule is COc1ccsc1C(=O)N1CCC2(CC1)NC(=O)NC2=O. The molecule has 3 heterocycles. The van der Waals surface area contributed by atoms with E-state index in [0.29, 0.717) is 36.6 Å². The van der Waals surface area contributed by atoms with E-state index in [1.807, 2.05) is 5.38 Å². The van der Waals surface area contributed by atoms with Crippen molar-refractivity contribution in [3.8, 4) is 5.75 Å². The van der Waals surface area contributed by atoms with Crippen molar-refractivity contribution in [1.82, 2.24) is 15.5 Å². The summed E-state index contributed by atoms with van der Waals surface area (Å²) in [5.74, 6) is 0.173. The summed E-state index contributed by atoms with van der Waals surface area (Å²) in [7, 11) is 1.53. The van der Waals surface area contributed by atoms with Crippen LogP contribution in [0, 0.1) is 0 Å². The molecule has 4 amide bonds. The van der Waals surface area contributed by atoms with Crippen LogP contribution in [0.5, 0.6) is 5.75 Å². The molecule has 0 aromatic carbocycles. The normalized spacial score (nSPS) is 20.3. The first-order valence-electron chi connectivity index (χ1n) is 6.60. The topological polar surface area (TPSA) is 87.7 Å². The van der Waals surface area contributed by atoms with Crippen LogP contribution in [-0.4, -0.2) is 48.5 Å². The van der Waals surface area contributed by atoms with Crippen molar-refractivity contribution in [3.63, 3.8) is 0 Å². The fourth-order valence-corrected chi connectivity index (χ4v) is 3.55. The van der Waals surface area contributed by atoms with Crippen LogP contribution in [0.4, 0.5) is 4.79 Å². The van der Waals surface area contributed by atoms with Gasteiger partial charge in [-0.05, 0) is 24.3 Å². The summed E-state index contributed by atoms with van der Waals surface area (Å²) in [5.41, 5.74) is -0.854. The zero-order valence-corrected chi connectivity index (χ0v) is 12.3. The predicted octanol–water partition coefficient (Wildman–Crippen LogP) is 0.571. The largest absolute Gasteiger partial charge is 0.495 e. The fourth-order valence-electron chi connectivity index (χ4n) is 2.73. The zero-order valence-electron chi connectivity index (χ0n) is 11.5. The lowest BCUT2D eigenvalue weighted by Crippen LogP contribution is -2.55. The Kier molecular flexibility index (Phi) is 3.32. The fraction of sp³-hybridized carbons (Fsp3) is 0.462. The van der Waals surface area contributed by atoms with Gasteiger partial charge in [0, 0.05) is 13.1 Å². The number of nitrogens with one attached hydrogen (secondary N) is 2. The van der Waals surface area contributed by atoms with Gasteiger partial charge in [0.1, 0.15) is 16.2 Å². The highest BCUT2D eigenvalue weighted by molar-refractivity contribution is 7.12. The van der Waals surface area contributed by atoms with E-state index in [9.17, 15) is 14.4 Å². The summed E-state index contributed by atoms with van der Waals surface area (Å²) in [6, 6.07) is 1.30. The van der Waals surface area contributed by atoms with Gasteiger partial charge in [-0.2, -0.15) is 0 Å². The van der Waals surface area contributed by atoms with E-state index in [0.717, 1.165) is 0 Å². The van der Waals surface area contributed by atoms with Gasteiger partial charge >= 0.3 is 6.03 Å². The van der Waals surface area contributed by atoms with Crippen LogP contribution in [0.15, 0.2) is 11.4 Å². The lowest BCUT2D eigenvalue weighted by molar-refractivity contribution is -0.125. The van der Waals surface area contributed by atoms with Crippen LogP contribution in [0.1, 0.15) is 22.5 Å². The number of hydrogen-bond donors (Lipinski definition) is 2. The van der Waals surface area contributed by atoms with E-state index in [2.05, 4.69) is 10.6 Å². The van der Waals surface area contributed by atoms with Gasteiger partial charge in [-0.15, -0.1) is 11.3 Å². The third-order valence-corrected chi connectivity index (χ3v) is 4.85. The molecule has 0 radical (unpaired) electrons. The van der Waals surface area contributed by atoms with Crippen LogP contribution >= 0.6 is 11.3 Å². The van der Waals surface area contributed by atoms with Crippen molar-refractivity contribution in [2.75, 3.05) is 20.2 Å². The molecule has 112 valence electrons. The maximum absolute atomic E-state index is 12.5. The number of amides is 4. The zero-order chi connectivity index (χ0) is 15.0. The van der Waals surface area contributed by atoms with E-state index in [1.165, 1.54) is 18.4 Å². The van der Waals surface area contributed by atoms with Crippen LogP contribution in [0.2, 0.25) is 0 Å². The van der Waals surface area contributed by atoms with Crippen LogP contribution < -0.4 is 15.4 Å². The van der Waals surface area contributed by atoms with Gasteiger partial charge in [-0.3, -0.25) is 14.9 Å². The van der Waals surface area contributed by atoms with Gasteiger partial charge in [-0.1, -0.05) is 0 Å². The summed E-state index contributed by atoms with van der Waals surface area (Å²) < 4.78 is 5.16. The second-order valence-electron chi connectivity index (χ2n) is 5.10. The quantitative estimate of drug-likeness (QED) is 0.782. The summed E-state index contributed by atoms with van der Waals surface area (Å²) in [5, 5.41) is 6.74. The molecule has 2 aliphatic rings. The smallest absolute Gasteiger partial charge is 0.322 e. The first-order chi connectivity index (χ1) is 10.1. The number of piperidine rings is 1. The standard InChI is InChI=1S/C13H15N3O4S/c1-20-8-2-7-21-9(8)10(17)16-5-3-13(4-6-16)11(18)14-12(19)15-13/h2,7H,3-6H2,1H3,(H2,14,15,18,19). The monoisotopic (exact) mass is 309 g/mol. The van der Waals surface area contributed by atoms with Crippen molar-refractivity contribution in [1.29, 1.82) is 0 Å². The van der Waals surface area contributed by atoms with Crippen molar-refractivity contribution < 1.29 is 19.1 Å². The third kappa shape index (κ3) is 2.25. The molecule has 2 fully saturated rings. The molecular formula is C13H15N3O4S.